The Morgan fingerprint density at radius 1 is 1.11 bits per heavy atom. The summed E-state index contributed by atoms with van der Waals surface area (Å²) >= 11 is 6.34. The first-order valence-corrected chi connectivity index (χ1v) is 11.0. The number of rotatable bonds is 9. The monoisotopic (exact) mass is 510 g/mol. The first-order chi connectivity index (χ1) is 17.2. The van der Waals surface area contributed by atoms with Crippen LogP contribution in [-0.2, 0) is 4.79 Å². The fraction of sp³-hybridized carbons (Fsp3) is 0.160. The van der Waals surface area contributed by atoms with Crippen LogP contribution in [0.2, 0.25) is 5.02 Å². The normalized spacial score (nSPS) is 10.7. The molecule has 0 unspecified atom stereocenters. The second-order valence-electron chi connectivity index (χ2n) is 7.69. The third-order valence-corrected chi connectivity index (χ3v) is 5.26. The van der Waals surface area contributed by atoms with Crippen molar-refractivity contribution >= 4 is 41.0 Å². The number of non-ortho nitro benzene ring substituents is 1. The number of nitro groups is 1. The summed E-state index contributed by atoms with van der Waals surface area (Å²) in [5.74, 6) is -0.458. The molecule has 2 N–H and O–H groups in total. The molecule has 0 atom stereocenters. The van der Waals surface area contributed by atoms with Crippen LogP contribution in [-0.4, -0.2) is 36.7 Å². The zero-order valence-corrected chi connectivity index (χ0v) is 20.5. The summed E-state index contributed by atoms with van der Waals surface area (Å²) in [7, 11) is 1.42. The van der Waals surface area contributed by atoms with Crippen LogP contribution >= 0.6 is 11.6 Å². The Morgan fingerprint density at radius 2 is 1.83 bits per heavy atom. The van der Waals surface area contributed by atoms with Crippen molar-refractivity contribution < 1.29 is 24.0 Å². The number of hydrogen-bond donors (Lipinski definition) is 2. The summed E-state index contributed by atoms with van der Waals surface area (Å²) in [5.41, 5.74) is 5.62. The van der Waals surface area contributed by atoms with Gasteiger partial charge in [0, 0.05) is 23.4 Å². The Kier molecular flexibility index (Phi) is 8.58. The van der Waals surface area contributed by atoms with E-state index in [1.807, 2.05) is 32.0 Å². The van der Waals surface area contributed by atoms with Gasteiger partial charge in [0.05, 0.1) is 23.3 Å². The molecular formula is C25H23ClN4O6. The van der Waals surface area contributed by atoms with Gasteiger partial charge in [0.2, 0.25) is 0 Å². The third kappa shape index (κ3) is 6.80. The van der Waals surface area contributed by atoms with E-state index in [2.05, 4.69) is 15.8 Å². The number of anilines is 1. The van der Waals surface area contributed by atoms with Crippen molar-refractivity contribution in [1.29, 1.82) is 0 Å². The molecule has 0 spiro atoms. The van der Waals surface area contributed by atoms with Crippen LogP contribution in [0.25, 0.3) is 0 Å². The largest absolute Gasteiger partial charge is 0.493 e. The summed E-state index contributed by atoms with van der Waals surface area (Å²) in [6, 6.07) is 13.9. The Bertz CT molecular complexity index is 1320. The number of carbonyl (C=O) groups is 2. The molecule has 0 fully saturated rings. The van der Waals surface area contributed by atoms with Crippen LogP contribution in [0.4, 0.5) is 11.4 Å². The number of benzene rings is 3. The second-order valence-corrected chi connectivity index (χ2v) is 8.10. The lowest BCUT2D eigenvalue weighted by Gasteiger charge is -2.14. The molecule has 0 aliphatic carbocycles. The van der Waals surface area contributed by atoms with Crippen molar-refractivity contribution in [2.75, 3.05) is 19.0 Å². The number of hydrazone groups is 1. The maximum Gasteiger partial charge on any atom is 0.271 e. The second kappa shape index (κ2) is 11.8. The summed E-state index contributed by atoms with van der Waals surface area (Å²) in [6.45, 7) is 3.58. The number of nitrogens with one attached hydrogen (secondary N) is 2. The van der Waals surface area contributed by atoms with Crippen molar-refractivity contribution in [1.82, 2.24) is 5.43 Å². The average molecular weight is 511 g/mol. The fourth-order valence-electron chi connectivity index (χ4n) is 3.20. The molecule has 3 aromatic carbocycles. The lowest BCUT2D eigenvalue weighted by molar-refractivity contribution is -0.384. The van der Waals surface area contributed by atoms with E-state index in [0.717, 1.165) is 11.1 Å². The molecule has 186 valence electrons. The Labute approximate surface area is 212 Å². The number of ether oxygens (including phenoxy) is 2. The van der Waals surface area contributed by atoms with Crippen molar-refractivity contribution in [2.24, 2.45) is 5.10 Å². The highest BCUT2D eigenvalue weighted by Gasteiger charge is 2.14. The maximum atomic E-state index is 12.4. The summed E-state index contributed by atoms with van der Waals surface area (Å²) in [4.78, 5) is 34.7. The maximum absolute atomic E-state index is 12.4. The van der Waals surface area contributed by atoms with E-state index in [1.54, 1.807) is 6.07 Å². The molecule has 11 heteroatoms. The van der Waals surface area contributed by atoms with Gasteiger partial charge in [0.25, 0.3) is 17.5 Å². The highest BCUT2D eigenvalue weighted by atomic mass is 35.5. The van der Waals surface area contributed by atoms with Gasteiger partial charge in [0.1, 0.15) is 0 Å². The number of carbonyl (C=O) groups excluding carboxylic acids is 2. The molecule has 3 rings (SSSR count). The number of aryl methyl sites for hydroxylation is 2. The van der Waals surface area contributed by atoms with Gasteiger partial charge < -0.3 is 14.8 Å². The molecule has 0 aliphatic rings. The van der Waals surface area contributed by atoms with Gasteiger partial charge in [-0.05, 0) is 55.3 Å². The molecule has 2 amide bonds. The van der Waals surface area contributed by atoms with E-state index in [9.17, 15) is 19.7 Å². The standard InChI is InChI=1S/C25H23ClN4O6/c1-15-4-9-21(16(2)10-15)28-23(31)14-36-24-20(26)11-17(12-22(24)35-3)13-27-29-25(32)18-5-7-19(8-6-18)30(33)34/h4-13H,14H2,1-3H3,(H,28,31)(H,29,32)/b27-13+. The number of nitrogens with zero attached hydrogens (tertiary/aromatic N) is 2. The molecular weight excluding hydrogens is 488 g/mol. The van der Waals surface area contributed by atoms with E-state index < -0.39 is 10.8 Å². The van der Waals surface area contributed by atoms with Crippen LogP contribution in [0.15, 0.2) is 59.7 Å². The molecule has 36 heavy (non-hydrogen) atoms. The van der Waals surface area contributed by atoms with Gasteiger partial charge in [0.15, 0.2) is 18.1 Å². The van der Waals surface area contributed by atoms with Crippen molar-refractivity contribution in [3.05, 3.63) is 92.0 Å². The zero-order chi connectivity index (χ0) is 26.2. The van der Waals surface area contributed by atoms with Gasteiger partial charge >= 0.3 is 0 Å². The quantitative estimate of drug-likeness (QED) is 0.244. The van der Waals surface area contributed by atoms with E-state index in [-0.39, 0.29) is 40.3 Å². The van der Waals surface area contributed by atoms with Crippen LogP contribution < -0.4 is 20.2 Å². The van der Waals surface area contributed by atoms with Gasteiger partial charge in [-0.15, -0.1) is 0 Å². The van der Waals surface area contributed by atoms with Crippen molar-refractivity contribution in [3.8, 4) is 11.5 Å². The molecule has 3 aromatic rings. The molecule has 0 radical (unpaired) electrons. The van der Waals surface area contributed by atoms with Gasteiger partial charge in [-0.1, -0.05) is 29.3 Å². The van der Waals surface area contributed by atoms with E-state index in [1.165, 1.54) is 43.7 Å². The van der Waals surface area contributed by atoms with Crippen LogP contribution in [0, 0.1) is 24.0 Å². The Hall–Kier alpha value is -4.44. The number of amides is 2. The lowest BCUT2D eigenvalue weighted by atomic mass is 10.1. The minimum atomic E-state index is -0.554. The lowest BCUT2D eigenvalue weighted by Crippen LogP contribution is -2.21. The number of halogens is 1. The topological polar surface area (TPSA) is 132 Å². The molecule has 0 aromatic heterocycles. The van der Waals surface area contributed by atoms with Crippen molar-refractivity contribution in [2.45, 2.75) is 13.8 Å². The van der Waals surface area contributed by atoms with E-state index in [0.29, 0.717) is 11.3 Å². The molecule has 0 bridgehead atoms. The van der Waals surface area contributed by atoms with E-state index >= 15 is 0 Å². The molecule has 0 saturated heterocycles. The SMILES string of the molecule is COc1cc(/C=N/NC(=O)c2ccc([N+](=O)[O-])cc2)cc(Cl)c1OCC(=O)Nc1ccc(C)cc1C. The minimum absolute atomic E-state index is 0.123. The first kappa shape index (κ1) is 26.2. The number of nitro benzene ring substituents is 1. The Balaban J connectivity index is 1.62. The van der Waals surface area contributed by atoms with Gasteiger partial charge in [-0.3, -0.25) is 19.7 Å². The highest BCUT2D eigenvalue weighted by molar-refractivity contribution is 6.32. The van der Waals surface area contributed by atoms with Crippen LogP contribution in [0.3, 0.4) is 0 Å². The van der Waals surface area contributed by atoms with Crippen molar-refractivity contribution in [3.63, 3.8) is 0 Å². The molecule has 0 saturated carbocycles. The van der Waals surface area contributed by atoms with Gasteiger partial charge in [-0.2, -0.15) is 5.10 Å². The highest BCUT2D eigenvalue weighted by Crippen LogP contribution is 2.36. The third-order valence-electron chi connectivity index (χ3n) is 4.98. The summed E-state index contributed by atoms with van der Waals surface area (Å²) in [6.07, 6.45) is 1.34. The smallest absolute Gasteiger partial charge is 0.271 e. The minimum Gasteiger partial charge on any atom is -0.493 e. The fourth-order valence-corrected chi connectivity index (χ4v) is 3.47. The predicted molar refractivity (Wildman–Crippen MR) is 136 cm³/mol. The van der Waals surface area contributed by atoms with E-state index in [4.69, 9.17) is 21.1 Å². The van der Waals surface area contributed by atoms with Crippen LogP contribution in [0.1, 0.15) is 27.0 Å². The molecule has 0 heterocycles. The Morgan fingerprint density at radius 3 is 2.47 bits per heavy atom. The molecule has 10 nitrogen and oxygen atoms in total. The zero-order valence-electron chi connectivity index (χ0n) is 19.7. The van der Waals surface area contributed by atoms with Crippen LogP contribution in [0.5, 0.6) is 11.5 Å². The number of methoxy groups -OCH3 is 1. The molecule has 0 aliphatic heterocycles. The summed E-state index contributed by atoms with van der Waals surface area (Å²) in [5, 5.41) is 17.6. The summed E-state index contributed by atoms with van der Waals surface area (Å²) < 4.78 is 10.9. The van der Waals surface area contributed by atoms with Gasteiger partial charge in [-0.25, -0.2) is 5.43 Å². The first-order valence-electron chi connectivity index (χ1n) is 10.6. The number of hydrogen-bond acceptors (Lipinski definition) is 7. The predicted octanol–water partition coefficient (Wildman–Crippen LogP) is 4.66. The average Bonchev–Trinajstić information content (AvgIpc) is 2.84.